The quantitative estimate of drug-likeness (QED) is 0.184. The highest BCUT2D eigenvalue weighted by molar-refractivity contribution is 6.33. The summed E-state index contributed by atoms with van der Waals surface area (Å²) in [7, 11) is 0. The van der Waals surface area contributed by atoms with Crippen molar-refractivity contribution >= 4 is 82.1 Å². The summed E-state index contributed by atoms with van der Waals surface area (Å²) in [4.78, 5) is 2.32. The molecule has 2 heteroatoms. The van der Waals surface area contributed by atoms with Gasteiger partial charge in [-0.2, -0.15) is 0 Å². The van der Waals surface area contributed by atoms with E-state index in [0.717, 1.165) is 39.0 Å². The second-order valence-electron chi connectivity index (χ2n) is 12.5. The predicted molar refractivity (Wildman–Crippen MR) is 204 cm³/mol. The molecule has 0 saturated carbocycles. The fraction of sp³-hybridized carbons (Fsp3) is 0. The highest BCUT2D eigenvalue weighted by Gasteiger charge is 2.18. The number of rotatable bonds is 4. The molecule has 0 aliphatic carbocycles. The summed E-state index contributed by atoms with van der Waals surface area (Å²) in [6.07, 6.45) is 0. The Morgan fingerprint density at radius 3 is 1.71 bits per heavy atom. The van der Waals surface area contributed by atoms with Crippen molar-refractivity contribution in [1.29, 1.82) is 0 Å². The molecule has 0 saturated heterocycles. The van der Waals surface area contributed by atoms with Gasteiger partial charge in [0.1, 0.15) is 11.2 Å². The van der Waals surface area contributed by atoms with E-state index in [4.69, 9.17) is 4.42 Å². The minimum atomic E-state index is 0.884. The lowest BCUT2D eigenvalue weighted by Crippen LogP contribution is -2.09. The molecule has 2 nitrogen and oxygen atoms in total. The van der Waals surface area contributed by atoms with Crippen LogP contribution in [0.1, 0.15) is 0 Å². The van der Waals surface area contributed by atoms with Gasteiger partial charge in [-0.05, 0) is 109 Å². The van der Waals surface area contributed by atoms with Crippen molar-refractivity contribution in [2.75, 3.05) is 4.90 Å². The van der Waals surface area contributed by atoms with E-state index < -0.39 is 0 Å². The maximum atomic E-state index is 6.63. The van der Waals surface area contributed by atoms with E-state index in [0.29, 0.717) is 0 Å². The zero-order valence-electron chi connectivity index (χ0n) is 26.1. The summed E-state index contributed by atoms with van der Waals surface area (Å²) in [5.74, 6) is 0. The second kappa shape index (κ2) is 10.6. The summed E-state index contributed by atoms with van der Waals surface area (Å²) in [6.45, 7) is 0. The Bertz CT molecular complexity index is 2820. The number of hydrogen-bond donors (Lipinski definition) is 0. The van der Waals surface area contributed by atoms with Gasteiger partial charge in [-0.3, -0.25) is 0 Å². The molecule has 48 heavy (non-hydrogen) atoms. The molecule has 0 atom stereocenters. The highest BCUT2D eigenvalue weighted by atomic mass is 16.3. The Hall–Kier alpha value is -6.38. The molecule has 0 fully saturated rings. The molecule has 1 heterocycles. The SMILES string of the molecule is c1ccc(-c2ccc(N(c3ccccc3)c3ccc4oc5cc6c(cc5c4c3)c3ccccc3c3ccc4ccccc4c36)cc2)cc1. The average Bonchev–Trinajstić information content (AvgIpc) is 3.52. The maximum Gasteiger partial charge on any atom is 0.136 e. The zero-order chi connectivity index (χ0) is 31.6. The van der Waals surface area contributed by atoms with Crippen LogP contribution >= 0.6 is 0 Å². The predicted octanol–water partition coefficient (Wildman–Crippen LogP) is 13.3. The molecule has 0 amide bonds. The van der Waals surface area contributed by atoms with Crippen molar-refractivity contribution in [1.82, 2.24) is 0 Å². The van der Waals surface area contributed by atoms with Crippen molar-refractivity contribution in [3.05, 3.63) is 176 Å². The van der Waals surface area contributed by atoms with E-state index in [2.05, 4.69) is 181 Å². The molecular formula is C46H29NO. The fourth-order valence-electron chi connectivity index (χ4n) is 7.58. The Morgan fingerprint density at radius 1 is 0.312 bits per heavy atom. The maximum absolute atomic E-state index is 6.63. The summed E-state index contributed by atoms with van der Waals surface area (Å²) in [5, 5.41) is 12.3. The van der Waals surface area contributed by atoms with Gasteiger partial charge in [0.05, 0.1) is 0 Å². The lowest BCUT2D eigenvalue weighted by atomic mass is 9.90. The fourth-order valence-corrected chi connectivity index (χ4v) is 7.58. The molecule has 0 aliphatic rings. The van der Waals surface area contributed by atoms with Crippen LogP contribution in [0.5, 0.6) is 0 Å². The van der Waals surface area contributed by atoms with Gasteiger partial charge in [0.2, 0.25) is 0 Å². The molecule has 0 aliphatic heterocycles. The van der Waals surface area contributed by atoms with E-state index in [9.17, 15) is 0 Å². The topological polar surface area (TPSA) is 16.4 Å². The second-order valence-corrected chi connectivity index (χ2v) is 12.5. The van der Waals surface area contributed by atoms with Crippen molar-refractivity contribution in [2.24, 2.45) is 0 Å². The van der Waals surface area contributed by atoms with Gasteiger partial charge < -0.3 is 9.32 Å². The largest absolute Gasteiger partial charge is 0.456 e. The Morgan fingerprint density at radius 2 is 0.917 bits per heavy atom. The molecule has 10 rings (SSSR count). The standard InChI is InChI=1S/C46H29NO/c1-3-11-30(12-4-1)31-19-22-34(23-20-31)47(33-14-5-2-6-15-33)35-24-26-44-41(27-35)42-28-40-38-18-10-9-17-37(38)39-25-21-32-13-7-8-16-36(32)46(39)43(40)29-45(42)48-44/h1-29H. The van der Waals surface area contributed by atoms with Crippen LogP contribution in [0.3, 0.4) is 0 Å². The van der Waals surface area contributed by atoms with Crippen LogP contribution < -0.4 is 4.90 Å². The molecule has 10 aromatic rings. The minimum Gasteiger partial charge on any atom is -0.456 e. The molecular weight excluding hydrogens is 583 g/mol. The summed E-state index contributed by atoms with van der Waals surface area (Å²) in [5.41, 5.74) is 7.48. The first-order valence-electron chi connectivity index (χ1n) is 16.4. The smallest absolute Gasteiger partial charge is 0.136 e. The van der Waals surface area contributed by atoms with Crippen molar-refractivity contribution in [2.45, 2.75) is 0 Å². The number of benzene rings is 9. The first-order valence-corrected chi connectivity index (χ1v) is 16.4. The van der Waals surface area contributed by atoms with Gasteiger partial charge in [0.25, 0.3) is 0 Å². The summed E-state index contributed by atoms with van der Waals surface area (Å²) in [6, 6.07) is 63.1. The first kappa shape index (κ1) is 26.8. The monoisotopic (exact) mass is 611 g/mol. The van der Waals surface area contributed by atoms with Gasteiger partial charge in [0.15, 0.2) is 0 Å². The zero-order valence-corrected chi connectivity index (χ0v) is 26.1. The van der Waals surface area contributed by atoms with Gasteiger partial charge >= 0.3 is 0 Å². The van der Waals surface area contributed by atoms with E-state index in [1.165, 1.54) is 54.2 Å². The number of fused-ring (bicyclic) bond motifs is 11. The molecule has 224 valence electrons. The number of furan rings is 1. The minimum absolute atomic E-state index is 0.884. The summed E-state index contributed by atoms with van der Waals surface area (Å²) >= 11 is 0. The highest BCUT2D eigenvalue weighted by Crippen LogP contribution is 2.44. The van der Waals surface area contributed by atoms with Gasteiger partial charge in [-0.1, -0.05) is 121 Å². The number of hydrogen-bond acceptors (Lipinski definition) is 2. The van der Waals surface area contributed by atoms with Crippen LogP contribution in [0.25, 0.3) is 76.2 Å². The lowest BCUT2D eigenvalue weighted by Gasteiger charge is -2.25. The average molecular weight is 612 g/mol. The van der Waals surface area contributed by atoms with Crippen LogP contribution in [-0.2, 0) is 0 Å². The molecule has 0 unspecified atom stereocenters. The van der Waals surface area contributed by atoms with Gasteiger partial charge in [-0.15, -0.1) is 0 Å². The third-order valence-electron chi connectivity index (χ3n) is 9.80. The van der Waals surface area contributed by atoms with E-state index in [1.54, 1.807) is 0 Å². The normalized spacial score (nSPS) is 11.8. The van der Waals surface area contributed by atoms with Gasteiger partial charge in [-0.25, -0.2) is 0 Å². The molecule has 1 aromatic heterocycles. The molecule has 0 radical (unpaired) electrons. The van der Waals surface area contributed by atoms with Gasteiger partial charge in [0, 0.05) is 27.8 Å². The Labute approximate surface area is 277 Å². The van der Waals surface area contributed by atoms with Crippen LogP contribution in [-0.4, -0.2) is 0 Å². The van der Waals surface area contributed by atoms with E-state index >= 15 is 0 Å². The number of nitrogens with zero attached hydrogens (tertiary/aromatic N) is 1. The van der Waals surface area contributed by atoms with Crippen LogP contribution in [0.4, 0.5) is 17.1 Å². The third kappa shape index (κ3) is 4.13. The Balaban J connectivity index is 1.21. The lowest BCUT2D eigenvalue weighted by molar-refractivity contribution is 0.669. The molecule has 0 spiro atoms. The summed E-state index contributed by atoms with van der Waals surface area (Å²) < 4.78 is 6.63. The first-order chi connectivity index (χ1) is 23.8. The molecule has 9 aromatic carbocycles. The van der Waals surface area contributed by atoms with Crippen molar-refractivity contribution in [3.63, 3.8) is 0 Å². The molecule has 0 N–H and O–H groups in total. The number of anilines is 3. The van der Waals surface area contributed by atoms with Crippen molar-refractivity contribution in [3.8, 4) is 11.1 Å². The van der Waals surface area contributed by atoms with E-state index in [1.807, 2.05) is 0 Å². The van der Waals surface area contributed by atoms with E-state index in [-0.39, 0.29) is 0 Å². The van der Waals surface area contributed by atoms with Crippen LogP contribution in [0.15, 0.2) is 180 Å². The molecule has 0 bridgehead atoms. The number of para-hydroxylation sites is 1. The van der Waals surface area contributed by atoms with Crippen LogP contribution in [0.2, 0.25) is 0 Å². The van der Waals surface area contributed by atoms with Crippen molar-refractivity contribution < 1.29 is 4.42 Å². The Kier molecular flexibility index (Phi) is 5.91. The van der Waals surface area contributed by atoms with Crippen LogP contribution in [0, 0.1) is 0 Å². The third-order valence-corrected chi connectivity index (χ3v) is 9.80.